The van der Waals surface area contributed by atoms with Gasteiger partial charge in [0.25, 0.3) is 11.8 Å². The zero-order chi connectivity index (χ0) is 20.7. The number of aryl methyl sites for hydroxylation is 1. The predicted octanol–water partition coefficient (Wildman–Crippen LogP) is 2.73. The van der Waals surface area contributed by atoms with Crippen molar-refractivity contribution in [2.75, 3.05) is 16.5 Å². The number of imide groups is 1. The molecule has 1 atom stereocenters. The average Bonchev–Trinajstić information content (AvgIpc) is 3.21. The van der Waals surface area contributed by atoms with Crippen molar-refractivity contribution in [3.8, 4) is 0 Å². The van der Waals surface area contributed by atoms with E-state index < -0.39 is 23.8 Å². The number of benzene rings is 2. The third-order valence-electron chi connectivity index (χ3n) is 4.78. The average molecular weight is 412 g/mol. The van der Waals surface area contributed by atoms with E-state index in [9.17, 15) is 14.4 Å². The fourth-order valence-corrected chi connectivity index (χ4v) is 3.63. The molecule has 0 aliphatic carbocycles. The number of hydrogen-bond acceptors (Lipinski definition) is 6. The molecule has 0 spiro atoms. The first-order chi connectivity index (χ1) is 13.9. The number of fused-ring (bicyclic) bond motifs is 1. The summed E-state index contributed by atoms with van der Waals surface area (Å²) in [4.78, 5) is 40.1. The second-order valence-electron chi connectivity index (χ2n) is 6.69. The molecule has 0 bridgehead atoms. The smallest absolute Gasteiger partial charge is 0.356 e. The molecule has 8 heteroatoms. The number of esters is 1. The van der Waals surface area contributed by atoms with Crippen LogP contribution in [0.2, 0.25) is 5.02 Å². The Hall–Kier alpha value is -3.32. The molecule has 1 N–H and O–H groups in total. The van der Waals surface area contributed by atoms with E-state index in [4.69, 9.17) is 16.3 Å². The van der Waals surface area contributed by atoms with Gasteiger partial charge in [-0.2, -0.15) is 0 Å². The van der Waals surface area contributed by atoms with E-state index in [1.807, 2.05) is 19.1 Å². The van der Waals surface area contributed by atoms with E-state index in [1.54, 1.807) is 43.3 Å². The summed E-state index contributed by atoms with van der Waals surface area (Å²) >= 11 is 6.10. The van der Waals surface area contributed by atoms with Crippen LogP contribution in [0.4, 0.5) is 11.4 Å². The van der Waals surface area contributed by atoms with E-state index in [-0.39, 0.29) is 17.9 Å². The molecule has 0 unspecified atom stereocenters. The molecule has 148 valence electrons. The number of anilines is 2. The number of halogens is 1. The van der Waals surface area contributed by atoms with Gasteiger partial charge in [-0.05, 0) is 44.2 Å². The number of carbonyl (C=O) groups is 3. The van der Waals surface area contributed by atoms with E-state index in [0.717, 1.165) is 10.5 Å². The van der Waals surface area contributed by atoms with Gasteiger partial charge >= 0.3 is 5.97 Å². The molecule has 2 aromatic rings. The Labute approximate surface area is 172 Å². The van der Waals surface area contributed by atoms with Crippen molar-refractivity contribution in [3.05, 3.63) is 70.4 Å². The third-order valence-corrected chi connectivity index (χ3v) is 5.01. The molecule has 29 heavy (non-hydrogen) atoms. The molecule has 0 saturated carbocycles. The molecule has 2 amide bonds. The van der Waals surface area contributed by atoms with Crippen LogP contribution in [-0.2, 0) is 19.1 Å². The van der Waals surface area contributed by atoms with Crippen LogP contribution in [0.15, 0.2) is 59.8 Å². The molecule has 2 aliphatic heterocycles. The Balaban J connectivity index is 1.81. The third kappa shape index (κ3) is 3.13. The highest BCUT2D eigenvalue weighted by Crippen LogP contribution is 2.37. The summed E-state index contributed by atoms with van der Waals surface area (Å²) in [5.74, 6) is -1.70. The number of nitrogens with zero attached hydrogens (tertiary/aromatic N) is 2. The molecule has 1 saturated heterocycles. The Morgan fingerprint density at radius 1 is 1.14 bits per heavy atom. The molecular weight excluding hydrogens is 394 g/mol. The van der Waals surface area contributed by atoms with Crippen molar-refractivity contribution in [2.24, 2.45) is 0 Å². The molecule has 2 aliphatic rings. The number of amides is 2. The van der Waals surface area contributed by atoms with Gasteiger partial charge in [-0.1, -0.05) is 35.4 Å². The fraction of sp³-hybridized carbons (Fsp3) is 0.190. The maximum Gasteiger partial charge on any atom is 0.356 e. The summed E-state index contributed by atoms with van der Waals surface area (Å²) in [5, 5.41) is 1.93. The van der Waals surface area contributed by atoms with Gasteiger partial charge in [-0.25, -0.2) is 9.69 Å². The Morgan fingerprint density at radius 3 is 2.52 bits per heavy atom. The lowest BCUT2D eigenvalue weighted by Crippen LogP contribution is -2.46. The van der Waals surface area contributed by atoms with E-state index in [0.29, 0.717) is 16.4 Å². The number of hydrazine groups is 1. The van der Waals surface area contributed by atoms with E-state index in [1.165, 1.54) is 5.01 Å². The lowest BCUT2D eigenvalue weighted by atomic mass is 10.1. The van der Waals surface area contributed by atoms with Gasteiger partial charge in [0.05, 0.1) is 23.6 Å². The quantitative estimate of drug-likeness (QED) is 0.615. The van der Waals surface area contributed by atoms with Crippen LogP contribution < -0.4 is 15.3 Å². The molecule has 0 aromatic heterocycles. The van der Waals surface area contributed by atoms with Crippen LogP contribution in [0.3, 0.4) is 0 Å². The van der Waals surface area contributed by atoms with Crippen molar-refractivity contribution >= 4 is 40.8 Å². The number of rotatable bonds is 4. The summed E-state index contributed by atoms with van der Waals surface area (Å²) in [7, 11) is 0. The van der Waals surface area contributed by atoms with Crippen molar-refractivity contribution in [1.82, 2.24) is 5.43 Å². The normalized spacial score (nSPS) is 18.2. The highest BCUT2D eigenvalue weighted by Gasteiger charge is 2.54. The highest BCUT2D eigenvalue weighted by atomic mass is 35.5. The Morgan fingerprint density at radius 2 is 1.86 bits per heavy atom. The second-order valence-corrected chi connectivity index (χ2v) is 7.12. The second kappa shape index (κ2) is 7.25. The fourth-order valence-electron chi connectivity index (χ4n) is 3.45. The van der Waals surface area contributed by atoms with Crippen molar-refractivity contribution < 1.29 is 19.1 Å². The predicted molar refractivity (Wildman–Crippen MR) is 108 cm³/mol. The molecule has 2 heterocycles. The summed E-state index contributed by atoms with van der Waals surface area (Å²) in [6.07, 6.45) is 0. The highest BCUT2D eigenvalue weighted by molar-refractivity contribution is 6.34. The van der Waals surface area contributed by atoms with Crippen molar-refractivity contribution in [3.63, 3.8) is 0 Å². The van der Waals surface area contributed by atoms with Crippen LogP contribution in [0.5, 0.6) is 0 Å². The van der Waals surface area contributed by atoms with Crippen LogP contribution in [0.25, 0.3) is 0 Å². The van der Waals surface area contributed by atoms with E-state index >= 15 is 0 Å². The maximum atomic E-state index is 13.3. The maximum absolute atomic E-state index is 13.3. The number of nitrogens with one attached hydrogen (secondary N) is 1. The zero-order valence-electron chi connectivity index (χ0n) is 15.8. The standard InChI is InChI=1S/C21H18ClN3O4/c1-3-29-21(28)17-16-18(25(23-17)15-6-4-5-13(22)11-15)20(27)24(19(16)26)14-9-7-12(2)8-10-14/h4-11,18,23H,3H2,1-2H3/t18-/m1/s1. The molecule has 0 radical (unpaired) electrons. The van der Waals surface area contributed by atoms with Crippen molar-refractivity contribution in [2.45, 2.75) is 19.9 Å². The summed E-state index contributed by atoms with van der Waals surface area (Å²) in [6.45, 7) is 3.73. The van der Waals surface area contributed by atoms with Gasteiger partial charge in [0.2, 0.25) is 0 Å². The van der Waals surface area contributed by atoms with Gasteiger partial charge < -0.3 is 4.74 Å². The minimum atomic E-state index is -0.998. The zero-order valence-corrected chi connectivity index (χ0v) is 16.6. The first-order valence-corrected chi connectivity index (χ1v) is 9.48. The largest absolute Gasteiger partial charge is 0.461 e. The molecule has 7 nitrogen and oxygen atoms in total. The van der Waals surface area contributed by atoms with Gasteiger partial charge in [-0.3, -0.25) is 20.0 Å². The van der Waals surface area contributed by atoms with Gasteiger partial charge in [0.1, 0.15) is 0 Å². The molecule has 4 rings (SSSR count). The molecule has 2 aromatic carbocycles. The van der Waals surface area contributed by atoms with Crippen LogP contribution in [-0.4, -0.2) is 30.4 Å². The van der Waals surface area contributed by atoms with Gasteiger partial charge in [0, 0.05) is 5.02 Å². The first-order valence-electron chi connectivity index (χ1n) is 9.10. The van der Waals surface area contributed by atoms with E-state index in [2.05, 4.69) is 5.43 Å². The molecular formula is C21H18ClN3O4. The summed E-state index contributed by atoms with van der Waals surface area (Å²) in [6, 6.07) is 12.8. The minimum absolute atomic E-state index is 0.0372. The minimum Gasteiger partial charge on any atom is -0.461 e. The molecule has 1 fully saturated rings. The number of ether oxygens (including phenoxy) is 1. The summed E-state index contributed by atoms with van der Waals surface area (Å²) < 4.78 is 5.09. The lowest BCUT2D eigenvalue weighted by Gasteiger charge is -2.26. The topological polar surface area (TPSA) is 79.0 Å². The van der Waals surface area contributed by atoms with Crippen LogP contribution >= 0.6 is 11.6 Å². The number of carbonyl (C=O) groups excluding carboxylic acids is 3. The number of hydrogen-bond donors (Lipinski definition) is 1. The van der Waals surface area contributed by atoms with Crippen molar-refractivity contribution in [1.29, 1.82) is 0 Å². The Bertz CT molecular complexity index is 1050. The first kappa shape index (κ1) is 19.0. The van der Waals surface area contributed by atoms with Crippen LogP contribution in [0, 0.1) is 6.92 Å². The van der Waals surface area contributed by atoms with Gasteiger partial charge in [0.15, 0.2) is 11.7 Å². The lowest BCUT2D eigenvalue weighted by molar-refractivity contribution is -0.139. The van der Waals surface area contributed by atoms with Gasteiger partial charge in [-0.15, -0.1) is 0 Å². The Kier molecular flexibility index (Phi) is 4.76. The monoisotopic (exact) mass is 411 g/mol. The SMILES string of the molecule is CCOC(=O)C1=C2C(=O)N(c3ccc(C)cc3)C(=O)[C@@H]2N(c2cccc(Cl)c2)N1. The van der Waals surface area contributed by atoms with Crippen LogP contribution in [0.1, 0.15) is 12.5 Å². The summed E-state index contributed by atoms with van der Waals surface area (Å²) in [5.41, 5.74) is 4.90.